The lowest BCUT2D eigenvalue weighted by Crippen LogP contribution is -2.71. The summed E-state index contributed by atoms with van der Waals surface area (Å²) in [5.74, 6) is -2.35. The molecule has 0 saturated carbocycles. The molecule has 6 heterocycles. The number of carbonyl (C=O) groups is 4. The van der Waals surface area contributed by atoms with Gasteiger partial charge >= 0.3 is 5.97 Å². The van der Waals surface area contributed by atoms with Crippen LogP contribution in [0.25, 0.3) is 0 Å². The normalized spacial score (nSPS) is 23.1. The van der Waals surface area contributed by atoms with E-state index in [2.05, 4.69) is 26.0 Å². The average Bonchev–Trinajstić information content (AvgIpc) is 3.67. The van der Waals surface area contributed by atoms with E-state index in [4.69, 9.17) is 10.6 Å². The molecule has 6 N–H and O–H groups in total. The summed E-state index contributed by atoms with van der Waals surface area (Å²) >= 11 is 3.60. The van der Waals surface area contributed by atoms with E-state index in [1.54, 1.807) is 11.1 Å². The van der Waals surface area contributed by atoms with Crippen LogP contribution in [0, 0.1) is 0 Å². The number of aromatic nitrogens is 1. The molecule has 17 nitrogen and oxygen atoms in total. The van der Waals surface area contributed by atoms with Crippen molar-refractivity contribution >= 4 is 75.8 Å². The van der Waals surface area contributed by atoms with Crippen molar-refractivity contribution in [2.45, 2.75) is 30.7 Å². The third-order valence-corrected chi connectivity index (χ3v) is 10.3. The Kier molecular flexibility index (Phi) is 8.62. The van der Waals surface area contributed by atoms with Gasteiger partial charge in [-0.2, -0.15) is 0 Å². The lowest BCUT2D eigenvalue weighted by molar-refractivity contribution is -0.150. The Morgan fingerprint density at radius 1 is 1.29 bits per heavy atom. The van der Waals surface area contributed by atoms with Crippen molar-refractivity contribution in [2.75, 3.05) is 37.4 Å². The molecule has 2 saturated heterocycles. The van der Waals surface area contributed by atoms with E-state index >= 15 is 0 Å². The second-order valence-electron chi connectivity index (χ2n) is 10.2. The lowest BCUT2D eigenvalue weighted by Gasteiger charge is -2.49. The molecule has 5 aliphatic rings. The van der Waals surface area contributed by atoms with Gasteiger partial charge in [0, 0.05) is 36.2 Å². The van der Waals surface area contributed by atoms with Gasteiger partial charge in [-0.1, -0.05) is 5.16 Å². The van der Waals surface area contributed by atoms with E-state index in [-0.39, 0.29) is 51.1 Å². The monoisotopic (exact) mass is 676 g/mol. The maximum Gasteiger partial charge on any atom is 0.352 e. The summed E-state index contributed by atoms with van der Waals surface area (Å²) in [5, 5.41) is 29.6. The van der Waals surface area contributed by atoms with Gasteiger partial charge in [-0.25, -0.2) is 24.2 Å². The number of fused-ring (bicyclic) bond motifs is 2. The van der Waals surface area contributed by atoms with Crippen LogP contribution in [0.5, 0.6) is 0 Å². The number of aliphatic carboxylic acids is 1. The van der Waals surface area contributed by atoms with E-state index in [1.807, 2.05) is 0 Å². The fraction of sp³-hybridized carbons (Fsp3) is 0.400. The quantitative estimate of drug-likeness (QED) is 0.102. The highest BCUT2D eigenvalue weighted by Gasteiger charge is 2.54. The van der Waals surface area contributed by atoms with Gasteiger partial charge in [0.2, 0.25) is 5.88 Å². The number of nitrogens with one attached hydrogen (secondary N) is 2. The molecule has 45 heavy (non-hydrogen) atoms. The van der Waals surface area contributed by atoms with Crippen LogP contribution >= 0.6 is 35.0 Å². The van der Waals surface area contributed by atoms with Crippen molar-refractivity contribution < 1.29 is 34.2 Å². The van der Waals surface area contributed by atoms with Crippen LogP contribution in [0.15, 0.2) is 50.3 Å². The molecular formula is C25H28N10O7S3. The highest BCUT2D eigenvalue weighted by molar-refractivity contribution is 8.00. The summed E-state index contributed by atoms with van der Waals surface area (Å²) in [5.41, 5.74) is 9.02. The Balaban J connectivity index is 1.10. The van der Waals surface area contributed by atoms with Crippen molar-refractivity contribution in [3.63, 3.8) is 0 Å². The molecule has 3 amide bonds. The number of hydrazine groups is 2. The third kappa shape index (κ3) is 5.80. The molecule has 0 spiro atoms. The molecule has 0 aromatic carbocycles. The first-order valence-corrected chi connectivity index (χ1v) is 16.6. The van der Waals surface area contributed by atoms with Crippen molar-refractivity contribution in [3.05, 3.63) is 45.8 Å². The largest absolute Gasteiger partial charge is 0.493 e. The highest BCUT2D eigenvalue weighted by atomic mass is 32.2. The number of nitrogens with zero attached hydrogens (tertiary/aromatic N) is 7. The molecule has 238 valence electrons. The molecule has 1 aromatic heterocycles. The number of thioether (sulfide) groups is 1. The Labute approximate surface area is 268 Å². The fourth-order valence-electron chi connectivity index (χ4n) is 5.23. The lowest BCUT2D eigenvalue weighted by atomic mass is 10.0. The Bertz CT molecular complexity index is 1600. The zero-order valence-corrected chi connectivity index (χ0v) is 26.2. The number of rotatable bonds is 9. The van der Waals surface area contributed by atoms with Gasteiger partial charge in [-0.15, -0.1) is 28.6 Å². The number of carbonyl (C=O) groups excluding carboxylic acids is 3. The number of aliphatic imine (C=N–C) groups is 1. The summed E-state index contributed by atoms with van der Waals surface area (Å²) in [6.07, 6.45) is 5.82. The molecule has 5 aliphatic heterocycles. The van der Waals surface area contributed by atoms with Gasteiger partial charge < -0.3 is 31.0 Å². The van der Waals surface area contributed by atoms with Gasteiger partial charge in [0.15, 0.2) is 16.7 Å². The number of aliphatic hydroxyl groups is 1. The van der Waals surface area contributed by atoms with Crippen LogP contribution in [-0.4, -0.2) is 113 Å². The van der Waals surface area contributed by atoms with Gasteiger partial charge in [0.25, 0.3) is 17.7 Å². The number of β-lactam (4-membered cyclic amide) rings is 1. The Morgan fingerprint density at radius 2 is 2.07 bits per heavy atom. The van der Waals surface area contributed by atoms with E-state index in [9.17, 15) is 29.4 Å². The standard InChI is InChI=1S/C25H28N10O7S3/c1-42-30-16(14-11-44-25(26)28-14)19(36)29-17-22(39)34-18(24(40)41)12(9-43-23(17)34)10-45-33-8-15-27-7-13(21(38)35(15)31-33)20(37)32-5-3-2-4-6-32/h7-8,11,17,23,31,38H,2-6,9-10H2,1H3,(H2,26,28)(H,29,36)(H,40,41)/b30-16-/t17-,23-/m1/s1. The number of amides is 3. The van der Waals surface area contributed by atoms with Crippen LogP contribution in [-0.2, 0) is 24.0 Å². The number of nitrogens with two attached hydrogens (primary N) is 1. The topological polar surface area (TPSA) is 219 Å². The van der Waals surface area contributed by atoms with Crippen molar-refractivity contribution in [1.82, 2.24) is 35.1 Å². The number of piperidine rings is 1. The minimum absolute atomic E-state index is 0.0771. The van der Waals surface area contributed by atoms with Crippen molar-refractivity contribution in [3.8, 4) is 0 Å². The number of hydrogen-bond acceptors (Lipinski definition) is 16. The van der Waals surface area contributed by atoms with E-state index in [0.29, 0.717) is 24.5 Å². The molecule has 2 fully saturated rings. The first-order valence-electron chi connectivity index (χ1n) is 13.7. The summed E-state index contributed by atoms with van der Waals surface area (Å²) in [6.45, 7) is 1.25. The molecule has 20 heteroatoms. The number of carboxylic acids is 1. The minimum atomic E-state index is -1.27. The molecule has 2 atom stereocenters. The predicted octanol–water partition coefficient (Wildman–Crippen LogP) is 0.165. The maximum absolute atomic E-state index is 13.2. The number of hydrogen-bond donors (Lipinski definition) is 5. The van der Waals surface area contributed by atoms with Gasteiger partial charge in [-0.05, 0) is 36.8 Å². The predicted molar refractivity (Wildman–Crippen MR) is 166 cm³/mol. The van der Waals surface area contributed by atoms with Crippen LogP contribution in [0.4, 0.5) is 5.13 Å². The Morgan fingerprint density at radius 3 is 2.76 bits per heavy atom. The number of likely N-dealkylation sites (tertiary alicyclic amines) is 1. The second kappa shape index (κ2) is 12.6. The Hall–Kier alpha value is -4.27. The number of nitrogen functional groups attached to an aromatic ring is 1. The number of thiazole rings is 1. The molecular weight excluding hydrogens is 649 g/mol. The first-order chi connectivity index (χ1) is 21.7. The average molecular weight is 677 g/mol. The molecule has 0 unspecified atom stereocenters. The highest BCUT2D eigenvalue weighted by Crippen LogP contribution is 2.41. The molecule has 1 aromatic rings. The van der Waals surface area contributed by atoms with E-state index in [1.165, 1.54) is 56.7 Å². The number of oxime groups is 1. The van der Waals surface area contributed by atoms with Gasteiger partial charge in [-0.3, -0.25) is 19.3 Å². The second-order valence-corrected chi connectivity index (χ2v) is 13.1. The molecule has 6 rings (SSSR count). The number of aliphatic hydroxyl groups excluding tert-OH is 1. The molecule has 0 radical (unpaired) electrons. The molecule has 0 bridgehead atoms. The van der Waals surface area contributed by atoms with Crippen molar-refractivity contribution in [1.29, 1.82) is 0 Å². The zero-order valence-electron chi connectivity index (χ0n) is 23.7. The van der Waals surface area contributed by atoms with E-state index in [0.717, 1.165) is 30.6 Å². The van der Waals surface area contributed by atoms with Crippen LogP contribution in [0.2, 0.25) is 0 Å². The zero-order chi connectivity index (χ0) is 31.8. The molecule has 0 aliphatic carbocycles. The van der Waals surface area contributed by atoms with Gasteiger partial charge in [0.1, 0.15) is 35.5 Å². The van der Waals surface area contributed by atoms with Crippen LogP contribution < -0.4 is 16.6 Å². The first kappa shape index (κ1) is 30.7. The van der Waals surface area contributed by atoms with Gasteiger partial charge in [0.05, 0.1) is 6.20 Å². The smallest absolute Gasteiger partial charge is 0.352 e. The van der Waals surface area contributed by atoms with Crippen LogP contribution in [0.1, 0.15) is 25.0 Å². The van der Waals surface area contributed by atoms with Crippen molar-refractivity contribution in [2.24, 2.45) is 10.1 Å². The number of carboxylic acid groups (broad SMARTS) is 1. The SMILES string of the molecule is CO/N=C(\C(=O)N[C@@H]1C(=O)N2C(C(=O)O)=C(CSN3C=C4N=CC(C(=O)N5CCCCC5)=C(O)N4N3)CS[C@H]12)c1csc(N)n1. The summed E-state index contributed by atoms with van der Waals surface area (Å²) in [4.78, 5) is 67.4. The van der Waals surface area contributed by atoms with Crippen LogP contribution in [0.3, 0.4) is 0 Å². The van der Waals surface area contributed by atoms with E-state index < -0.39 is 29.2 Å². The third-order valence-electron chi connectivity index (χ3n) is 7.39. The minimum Gasteiger partial charge on any atom is -0.493 e. The fourth-order valence-corrected chi connectivity index (χ4v) is 8.09. The number of anilines is 1. The summed E-state index contributed by atoms with van der Waals surface area (Å²) in [6, 6.07) is -0.987. The summed E-state index contributed by atoms with van der Waals surface area (Å²) < 4.78 is 1.53. The summed E-state index contributed by atoms with van der Waals surface area (Å²) in [7, 11) is 1.26. The maximum atomic E-state index is 13.2.